The summed E-state index contributed by atoms with van der Waals surface area (Å²) in [6, 6.07) is 0. The lowest BCUT2D eigenvalue weighted by Crippen LogP contribution is -2.28. The van der Waals surface area contributed by atoms with E-state index >= 15 is 0 Å². The second-order valence-electron chi connectivity index (χ2n) is 5.03. The van der Waals surface area contributed by atoms with Crippen molar-refractivity contribution in [3.63, 3.8) is 0 Å². The minimum absolute atomic E-state index is 0.0234. The molecule has 118 valence electrons. The largest absolute Gasteiger partial charge is 0.396 e. The number of sulfone groups is 1. The molecule has 1 saturated heterocycles. The van der Waals surface area contributed by atoms with Gasteiger partial charge < -0.3 is 16.0 Å². The van der Waals surface area contributed by atoms with E-state index in [0.717, 1.165) is 26.1 Å². The van der Waals surface area contributed by atoms with Crippen LogP contribution in [0, 0.1) is 0 Å². The number of anilines is 2. The third-order valence-electron chi connectivity index (χ3n) is 3.52. The highest BCUT2D eigenvalue weighted by Gasteiger charge is 2.30. The number of thiophene rings is 1. The molecule has 3 N–H and O–H groups in total. The number of hydrogen-bond acceptors (Lipinski definition) is 7. The van der Waals surface area contributed by atoms with E-state index in [1.807, 2.05) is 4.90 Å². The highest BCUT2D eigenvalue weighted by Crippen LogP contribution is 2.42. The summed E-state index contributed by atoms with van der Waals surface area (Å²) < 4.78 is 24.8. The van der Waals surface area contributed by atoms with Crippen LogP contribution in [-0.4, -0.2) is 46.1 Å². The molecule has 8 heteroatoms. The predicted molar refractivity (Wildman–Crippen MR) is 86.2 cm³/mol. The van der Waals surface area contributed by atoms with Gasteiger partial charge in [0.1, 0.15) is 9.90 Å². The fourth-order valence-corrected chi connectivity index (χ4v) is 5.13. The minimum atomic E-state index is -3.46. The van der Waals surface area contributed by atoms with E-state index in [4.69, 9.17) is 5.73 Å². The molecule has 1 aromatic rings. The lowest BCUT2D eigenvalue weighted by Gasteiger charge is -2.21. The van der Waals surface area contributed by atoms with Gasteiger partial charge in [-0.25, -0.2) is 8.42 Å². The van der Waals surface area contributed by atoms with Crippen LogP contribution >= 0.6 is 11.3 Å². The Morgan fingerprint density at radius 3 is 2.71 bits per heavy atom. The Hall–Kier alpha value is -1.12. The first-order valence-electron chi connectivity index (χ1n) is 7.00. The number of carbonyl (C=O) groups excluding carboxylic acids is 1. The van der Waals surface area contributed by atoms with Gasteiger partial charge in [-0.05, 0) is 13.0 Å². The van der Waals surface area contributed by atoms with Gasteiger partial charge >= 0.3 is 0 Å². The molecule has 1 aliphatic rings. The van der Waals surface area contributed by atoms with Crippen LogP contribution in [0.1, 0.15) is 29.9 Å². The topological polar surface area (TPSA) is 92.5 Å². The summed E-state index contributed by atoms with van der Waals surface area (Å²) >= 11 is 1.20. The number of nitrogens with zero attached hydrogens (tertiary/aromatic N) is 1. The van der Waals surface area contributed by atoms with E-state index in [1.165, 1.54) is 18.3 Å². The third kappa shape index (κ3) is 3.22. The van der Waals surface area contributed by atoms with Crippen molar-refractivity contribution in [3.8, 4) is 0 Å². The maximum atomic E-state index is 12.4. The van der Waals surface area contributed by atoms with Crippen molar-refractivity contribution in [2.45, 2.75) is 25.2 Å². The summed E-state index contributed by atoms with van der Waals surface area (Å²) in [4.78, 5) is 14.2. The summed E-state index contributed by atoms with van der Waals surface area (Å²) in [6.45, 7) is 6.18. The summed E-state index contributed by atoms with van der Waals surface area (Å²) in [5, 5.41) is 3.89. The van der Waals surface area contributed by atoms with Gasteiger partial charge in [-0.3, -0.25) is 4.79 Å². The van der Waals surface area contributed by atoms with E-state index in [2.05, 4.69) is 5.32 Å². The zero-order valence-corrected chi connectivity index (χ0v) is 13.9. The van der Waals surface area contributed by atoms with E-state index in [-0.39, 0.29) is 22.1 Å². The fourth-order valence-electron chi connectivity index (χ4n) is 2.38. The van der Waals surface area contributed by atoms with Crippen molar-refractivity contribution >= 4 is 37.6 Å². The lowest BCUT2D eigenvalue weighted by molar-refractivity contribution is 0.102. The molecule has 0 spiro atoms. The Morgan fingerprint density at radius 2 is 2.10 bits per heavy atom. The van der Waals surface area contributed by atoms with Crippen molar-refractivity contribution in [2.75, 3.05) is 42.6 Å². The minimum Gasteiger partial charge on any atom is -0.396 e. The van der Waals surface area contributed by atoms with Gasteiger partial charge in [0.25, 0.3) is 0 Å². The molecule has 0 atom stereocenters. The maximum absolute atomic E-state index is 12.4. The molecule has 0 aliphatic carbocycles. The smallest absolute Gasteiger partial charge is 0.183 e. The van der Waals surface area contributed by atoms with Crippen LogP contribution in [0.2, 0.25) is 0 Å². The molecular weight excluding hydrogens is 310 g/mol. The highest BCUT2D eigenvalue weighted by molar-refractivity contribution is 7.92. The van der Waals surface area contributed by atoms with Crippen LogP contribution < -0.4 is 16.0 Å². The Bertz CT molecular complexity index is 629. The standard InChI is InChI=1S/C13H21N3O3S2/c1-3-21(18,19)12-10(14)11(9(2)17)20-13(12)16-7-4-5-15-6-8-16/h15H,3-8,14H2,1-2H3. The summed E-state index contributed by atoms with van der Waals surface area (Å²) in [7, 11) is -3.46. The molecule has 0 amide bonds. The molecule has 1 aromatic heterocycles. The average molecular weight is 331 g/mol. The number of ketones is 1. The molecular formula is C13H21N3O3S2. The van der Waals surface area contributed by atoms with E-state index in [0.29, 0.717) is 16.4 Å². The van der Waals surface area contributed by atoms with Crippen LogP contribution in [0.25, 0.3) is 0 Å². The van der Waals surface area contributed by atoms with Gasteiger partial charge in [-0.1, -0.05) is 6.92 Å². The zero-order chi connectivity index (χ0) is 15.6. The maximum Gasteiger partial charge on any atom is 0.183 e. The Balaban J connectivity index is 2.58. The van der Waals surface area contributed by atoms with Gasteiger partial charge in [0.15, 0.2) is 15.6 Å². The summed E-state index contributed by atoms with van der Waals surface area (Å²) in [5.74, 6) is -0.214. The quantitative estimate of drug-likeness (QED) is 0.804. The van der Waals surface area contributed by atoms with Gasteiger partial charge in [-0.2, -0.15) is 0 Å². The number of nitrogens with two attached hydrogens (primary N) is 1. The molecule has 0 bridgehead atoms. The van der Waals surface area contributed by atoms with Gasteiger partial charge in [0, 0.05) is 26.6 Å². The Labute approximate surface area is 129 Å². The number of nitrogen functional groups attached to an aromatic ring is 1. The van der Waals surface area contributed by atoms with Crippen LogP contribution in [0.3, 0.4) is 0 Å². The molecule has 1 fully saturated rings. The summed E-state index contributed by atoms with van der Waals surface area (Å²) in [5.41, 5.74) is 6.09. The van der Waals surface area contributed by atoms with Crippen LogP contribution in [-0.2, 0) is 9.84 Å². The molecule has 0 aromatic carbocycles. The van der Waals surface area contributed by atoms with Gasteiger partial charge in [0.2, 0.25) is 0 Å². The lowest BCUT2D eigenvalue weighted by atomic mass is 10.3. The third-order valence-corrected chi connectivity index (χ3v) is 6.81. The van der Waals surface area contributed by atoms with Crippen molar-refractivity contribution in [1.82, 2.24) is 5.32 Å². The normalized spacial score (nSPS) is 16.8. The van der Waals surface area contributed by atoms with Crippen LogP contribution in [0.15, 0.2) is 4.90 Å². The first-order chi connectivity index (χ1) is 9.88. The number of hydrogen-bond donors (Lipinski definition) is 2. The number of carbonyl (C=O) groups is 1. The first kappa shape index (κ1) is 16.3. The molecule has 6 nitrogen and oxygen atoms in total. The number of nitrogens with one attached hydrogen (secondary N) is 1. The second-order valence-corrected chi connectivity index (χ2v) is 8.24. The molecule has 21 heavy (non-hydrogen) atoms. The number of Topliss-reactive ketones (excluding diaryl/α,β-unsaturated/α-hetero) is 1. The predicted octanol–water partition coefficient (Wildman–Crippen LogP) is 1.13. The molecule has 0 saturated carbocycles. The van der Waals surface area contributed by atoms with Crippen molar-refractivity contribution in [2.24, 2.45) is 0 Å². The van der Waals surface area contributed by atoms with E-state index in [1.54, 1.807) is 6.92 Å². The zero-order valence-electron chi connectivity index (χ0n) is 12.3. The van der Waals surface area contributed by atoms with Crippen LogP contribution in [0.4, 0.5) is 10.7 Å². The molecule has 0 radical (unpaired) electrons. The van der Waals surface area contributed by atoms with Gasteiger partial charge in [0.05, 0.1) is 16.3 Å². The molecule has 0 unspecified atom stereocenters. The van der Waals surface area contributed by atoms with Crippen molar-refractivity contribution in [3.05, 3.63) is 4.88 Å². The monoisotopic (exact) mass is 331 g/mol. The summed E-state index contributed by atoms with van der Waals surface area (Å²) in [6.07, 6.45) is 0.929. The van der Waals surface area contributed by atoms with Crippen molar-refractivity contribution in [1.29, 1.82) is 0 Å². The number of rotatable bonds is 4. The second kappa shape index (κ2) is 6.33. The molecule has 2 rings (SSSR count). The molecule has 1 aliphatic heterocycles. The highest BCUT2D eigenvalue weighted by atomic mass is 32.2. The first-order valence-corrected chi connectivity index (χ1v) is 9.47. The average Bonchev–Trinajstić information content (AvgIpc) is 2.63. The SMILES string of the molecule is CCS(=O)(=O)c1c(N2CCCNCC2)sc(C(C)=O)c1N. The Kier molecular flexibility index (Phi) is 4.90. The van der Waals surface area contributed by atoms with E-state index < -0.39 is 9.84 Å². The van der Waals surface area contributed by atoms with Crippen molar-refractivity contribution < 1.29 is 13.2 Å². The van der Waals surface area contributed by atoms with Gasteiger partial charge in [-0.15, -0.1) is 11.3 Å². The fraction of sp³-hybridized carbons (Fsp3) is 0.615. The van der Waals surface area contributed by atoms with Crippen LogP contribution in [0.5, 0.6) is 0 Å². The Morgan fingerprint density at radius 1 is 1.38 bits per heavy atom. The van der Waals surface area contributed by atoms with E-state index in [9.17, 15) is 13.2 Å². The molecule has 2 heterocycles.